The Labute approximate surface area is 171 Å². The van der Waals surface area contributed by atoms with Crippen molar-refractivity contribution in [3.8, 4) is 5.75 Å². The lowest BCUT2D eigenvalue weighted by molar-refractivity contribution is 0.304. The van der Waals surface area contributed by atoms with Gasteiger partial charge in [0.05, 0.1) is 10.2 Å². The lowest BCUT2D eigenvalue weighted by Crippen LogP contribution is -1.96. The maximum atomic E-state index is 5.90. The Morgan fingerprint density at radius 3 is 2.35 bits per heavy atom. The van der Waals surface area contributed by atoms with E-state index in [0.717, 1.165) is 31.5 Å². The Morgan fingerprint density at radius 2 is 1.65 bits per heavy atom. The minimum atomic E-state index is 0.530. The fraction of sp³-hybridized carbons (Fsp3) is 0.136. The Bertz CT molecular complexity index is 933. The first kappa shape index (κ1) is 18.9. The lowest BCUT2D eigenvalue weighted by Gasteiger charge is -2.09. The van der Waals surface area contributed by atoms with E-state index in [-0.39, 0.29) is 0 Å². The Kier molecular flexibility index (Phi) is 6.28. The van der Waals surface area contributed by atoms with Crippen molar-refractivity contribution >= 4 is 43.8 Å². The van der Waals surface area contributed by atoms with Crippen LogP contribution >= 0.6 is 31.9 Å². The predicted octanol–water partition coefficient (Wildman–Crippen LogP) is 7.16. The van der Waals surface area contributed by atoms with E-state index in [0.29, 0.717) is 6.61 Å². The molecule has 132 valence electrons. The summed E-state index contributed by atoms with van der Waals surface area (Å²) < 4.78 is 7.88. The average molecular weight is 473 g/mol. The van der Waals surface area contributed by atoms with E-state index in [1.54, 1.807) is 0 Å². The summed E-state index contributed by atoms with van der Waals surface area (Å²) in [5, 5.41) is 0. The predicted molar refractivity (Wildman–Crippen MR) is 116 cm³/mol. The monoisotopic (exact) mass is 471 g/mol. The molecule has 3 aromatic carbocycles. The van der Waals surface area contributed by atoms with Crippen LogP contribution in [0.3, 0.4) is 0 Å². The summed E-state index contributed by atoms with van der Waals surface area (Å²) in [5.74, 6) is 0.816. The number of rotatable bonds is 5. The van der Waals surface area contributed by atoms with Crippen LogP contribution in [0.5, 0.6) is 5.75 Å². The van der Waals surface area contributed by atoms with Crippen molar-refractivity contribution < 1.29 is 4.74 Å². The smallest absolute Gasteiger partial charge is 0.134 e. The molecule has 0 unspecified atom stereocenters. The van der Waals surface area contributed by atoms with Gasteiger partial charge in [0, 0.05) is 10.7 Å². The molecular weight excluding hydrogens is 454 g/mol. The first-order valence-electron chi connectivity index (χ1n) is 8.29. The molecule has 0 atom stereocenters. The van der Waals surface area contributed by atoms with Crippen LogP contribution in [0.4, 0.5) is 5.69 Å². The molecule has 3 aromatic rings. The molecule has 0 amide bonds. The van der Waals surface area contributed by atoms with Crippen LogP contribution in [-0.4, -0.2) is 6.21 Å². The van der Waals surface area contributed by atoms with Crippen LogP contribution in [0, 0.1) is 13.8 Å². The van der Waals surface area contributed by atoms with E-state index < -0.39 is 0 Å². The van der Waals surface area contributed by atoms with Gasteiger partial charge in [0.15, 0.2) is 0 Å². The van der Waals surface area contributed by atoms with E-state index in [4.69, 9.17) is 4.74 Å². The molecule has 0 saturated heterocycles. The number of ether oxygens (including phenoxy) is 1. The van der Waals surface area contributed by atoms with Crippen LogP contribution in [-0.2, 0) is 6.61 Å². The van der Waals surface area contributed by atoms with Crippen molar-refractivity contribution in [1.29, 1.82) is 0 Å². The van der Waals surface area contributed by atoms with Gasteiger partial charge in [-0.25, -0.2) is 0 Å². The molecule has 0 fully saturated rings. The van der Waals surface area contributed by atoms with Gasteiger partial charge in [0.1, 0.15) is 12.4 Å². The summed E-state index contributed by atoms with van der Waals surface area (Å²) in [6.45, 7) is 4.73. The second-order valence-electron chi connectivity index (χ2n) is 6.13. The highest BCUT2D eigenvalue weighted by molar-refractivity contribution is 9.10. The Hall–Kier alpha value is -1.91. The summed E-state index contributed by atoms with van der Waals surface area (Å²) in [6, 6.07) is 20.3. The van der Waals surface area contributed by atoms with Gasteiger partial charge in [0.2, 0.25) is 0 Å². The normalized spacial score (nSPS) is 11.1. The van der Waals surface area contributed by atoms with Crippen molar-refractivity contribution in [2.75, 3.05) is 0 Å². The second kappa shape index (κ2) is 8.65. The van der Waals surface area contributed by atoms with Crippen LogP contribution in [0.2, 0.25) is 0 Å². The number of hydrogen-bond donors (Lipinski definition) is 0. The Balaban J connectivity index is 1.67. The summed E-state index contributed by atoms with van der Waals surface area (Å²) in [4.78, 5) is 4.56. The van der Waals surface area contributed by atoms with E-state index in [1.165, 1.54) is 11.1 Å². The molecular formula is C22H19Br2NO. The van der Waals surface area contributed by atoms with E-state index in [1.807, 2.05) is 54.7 Å². The number of halogens is 2. The van der Waals surface area contributed by atoms with Crippen molar-refractivity contribution in [3.63, 3.8) is 0 Å². The van der Waals surface area contributed by atoms with E-state index in [9.17, 15) is 0 Å². The minimum Gasteiger partial charge on any atom is -0.488 e. The summed E-state index contributed by atoms with van der Waals surface area (Å²) in [6.07, 6.45) is 1.87. The molecule has 0 aliphatic rings. The number of hydrogen-bond acceptors (Lipinski definition) is 2. The fourth-order valence-corrected chi connectivity index (χ4v) is 3.19. The van der Waals surface area contributed by atoms with Gasteiger partial charge in [-0.2, -0.15) is 0 Å². The third kappa shape index (κ3) is 5.05. The molecule has 0 aliphatic heterocycles. The molecule has 4 heteroatoms. The molecule has 0 bridgehead atoms. The van der Waals surface area contributed by atoms with Crippen LogP contribution < -0.4 is 4.74 Å². The SMILES string of the molecule is Cc1ccc(N=Cc2ccc(OCc3ccc(Br)cc3)c(Br)c2)cc1C. The number of nitrogens with zero attached hydrogens (tertiary/aromatic N) is 1. The minimum absolute atomic E-state index is 0.530. The summed E-state index contributed by atoms with van der Waals surface area (Å²) in [7, 11) is 0. The number of aliphatic imine (C=N–C) groups is 1. The third-order valence-electron chi connectivity index (χ3n) is 4.12. The highest BCUT2D eigenvalue weighted by Gasteiger charge is 2.03. The van der Waals surface area contributed by atoms with E-state index >= 15 is 0 Å². The molecule has 0 aromatic heterocycles. The van der Waals surface area contributed by atoms with Gasteiger partial charge in [-0.1, -0.05) is 34.1 Å². The zero-order chi connectivity index (χ0) is 18.5. The molecule has 0 aliphatic carbocycles. The van der Waals surface area contributed by atoms with Gasteiger partial charge < -0.3 is 4.74 Å². The van der Waals surface area contributed by atoms with Gasteiger partial charge in [-0.05, 0) is 94.5 Å². The zero-order valence-electron chi connectivity index (χ0n) is 14.7. The molecule has 0 N–H and O–H groups in total. The Morgan fingerprint density at radius 1 is 0.885 bits per heavy atom. The first-order valence-corrected chi connectivity index (χ1v) is 9.88. The molecule has 0 radical (unpaired) electrons. The zero-order valence-corrected chi connectivity index (χ0v) is 17.8. The van der Waals surface area contributed by atoms with Crippen molar-refractivity contribution in [2.45, 2.75) is 20.5 Å². The maximum absolute atomic E-state index is 5.90. The first-order chi connectivity index (χ1) is 12.5. The topological polar surface area (TPSA) is 21.6 Å². The van der Waals surface area contributed by atoms with Gasteiger partial charge in [-0.15, -0.1) is 0 Å². The standard InChI is InChI=1S/C22H19Br2NO/c1-15-3-9-20(11-16(15)2)25-13-18-6-10-22(21(24)12-18)26-14-17-4-7-19(23)8-5-17/h3-13H,14H2,1-2H3. The second-order valence-corrected chi connectivity index (χ2v) is 7.90. The average Bonchev–Trinajstić information content (AvgIpc) is 2.63. The molecule has 26 heavy (non-hydrogen) atoms. The highest BCUT2D eigenvalue weighted by atomic mass is 79.9. The van der Waals surface area contributed by atoms with E-state index in [2.05, 4.69) is 62.8 Å². The highest BCUT2D eigenvalue weighted by Crippen LogP contribution is 2.27. The van der Waals surface area contributed by atoms with Gasteiger partial charge in [0.25, 0.3) is 0 Å². The largest absolute Gasteiger partial charge is 0.488 e. The van der Waals surface area contributed by atoms with Gasteiger partial charge in [-0.3, -0.25) is 4.99 Å². The quantitative estimate of drug-likeness (QED) is 0.361. The molecule has 2 nitrogen and oxygen atoms in total. The van der Waals surface area contributed by atoms with Gasteiger partial charge >= 0.3 is 0 Å². The molecule has 0 saturated carbocycles. The van der Waals surface area contributed by atoms with Crippen molar-refractivity contribution in [2.24, 2.45) is 4.99 Å². The molecule has 0 spiro atoms. The fourth-order valence-electron chi connectivity index (χ4n) is 2.41. The molecule has 3 rings (SSSR count). The maximum Gasteiger partial charge on any atom is 0.134 e. The summed E-state index contributed by atoms with van der Waals surface area (Å²) >= 11 is 7.02. The lowest BCUT2D eigenvalue weighted by atomic mass is 10.1. The van der Waals surface area contributed by atoms with Crippen molar-refractivity contribution in [1.82, 2.24) is 0 Å². The van der Waals surface area contributed by atoms with Crippen LogP contribution in [0.15, 0.2) is 74.6 Å². The number of aryl methyl sites for hydroxylation is 2. The summed E-state index contributed by atoms with van der Waals surface area (Å²) in [5.41, 5.74) is 5.63. The molecule has 0 heterocycles. The number of benzene rings is 3. The van der Waals surface area contributed by atoms with Crippen LogP contribution in [0.1, 0.15) is 22.3 Å². The van der Waals surface area contributed by atoms with Crippen molar-refractivity contribution in [3.05, 3.63) is 91.9 Å². The van der Waals surface area contributed by atoms with Crippen LogP contribution in [0.25, 0.3) is 0 Å². The third-order valence-corrected chi connectivity index (χ3v) is 5.27.